The Labute approximate surface area is 189 Å². The van der Waals surface area contributed by atoms with Crippen molar-refractivity contribution in [3.8, 4) is 11.5 Å². The van der Waals surface area contributed by atoms with Gasteiger partial charge in [0.25, 0.3) is 11.9 Å². The van der Waals surface area contributed by atoms with Gasteiger partial charge in [0.05, 0.1) is 19.7 Å². The van der Waals surface area contributed by atoms with Crippen LogP contribution in [-0.2, 0) is 6.54 Å². The number of amides is 1. The van der Waals surface area contributed by atoms with Crippen LogP contribution in [0.1, 0.15) is 15.9 Å². The van der Waals surface area contributed by atoms with Crippen molar-refractivity contribution < 1.29 is 14.3 Å². The second kappa shape index (κ2) is 8.58. The van der Waals surface area contributed by atoms with Crippen LogP contribution in [0.5, 0.6) is 11.5 Å². The third kappa shape index (κ3) is 3.94. The van der Waals surface area contributed by atoms with E-state index in [2.05, 4.69) is 37.2 Å². The van der Waals surface area contributed by atoms with Crippen molar-refractivity contribution in [1.29, 1.82) is 0 Å². The summed E-state index contributed by atoms with van der Waals surface area (Å²) in [6.45, 7) is 0.595. The first-order valence-corrected chi connectivity index (χ1v) is 10.4. The van der Waals surface area contributed by atoms with Gasteiger partial charge in [-0.25, -0.2) is 0 Å². The van der Waals surface area contributed by atoms with Gasteiger partial charge in [-0.2, -0.15) is 4.98 Å². The SMILES string of the molecule is COc1ccc(C(=O)Nc2nnc3c4cc(OC)ccc4n(Cc4ccccc4)c3n2)cc1. The topological polar surface area (TPSA) is 91.2 Å². The summed E-state index contributed by atoms with van der Waals surface area (Å²) >= 11 is 0. The average molecular weight is 439 g/mol. The molecule has 3 aromatic carbocycles. The predicted molar refractivity (Wildman–Crippen MR) is 126 cm³/mol. The normalized spacial score (nSPS) is 11.0. The fourth-order valence-corrected chi connectivity index (χ4v) is 3.76. The predicted octanol–water partition coefficient (Wildman–Crippen LogP) is 4.30. The molecule has 0 aliphatic rings. The summed E-state index contributed by atoms with van der Waals surface area (Å²) in [5.41, 5.74) is 3.81. The number of fused-ring (bicyclic) bond motifs is 3. The zero-order valence-corrected chi connectivity index (χ0v) is 18.1. The minimum Gasteiger partial charge on any atom is -0.497 e. The summed E-state index contributed by atoms with van der Waals surface area (Å²) in [6, 6.07) is 22.7. The molecule has 0 atom stereocenters. The lowest BCUT2D eigenvalue weighted by Gasteiger charge is -2.08. The highest BCUT2D eigenvalue weighted by Crippen LogP contribution is 2.30. The molecule has 5 aromatic rings. The molecule has 8 nitrogen and oxygen atoms in total. The molecule has 1 N–H and O–H groups in total. The number of hydrogen-bond acceptors (Lipinski definition) is 6. The number of carbonyl (C=O) groups is 1. The van der Waals surface area contributed by atoms with E-state index in [0.717, 1.165) is 22.2 Å². The monoisotopic (exact) mass is 439 g/mol. The van der Waals surface area contributed by atoms with Gasteiger partial charge in [-0.3, -0.25) is 10.1 Å². The van der Waals surface area contributed by atoms with Gasteiger partial charge in [0.1, 0.15) is 17.0 Å². The molecule has 0 aliphatic carbocycles. The zero-order valence-electron chi connectivity index (χ0n) is 18.1. The average Bonchev–Trinajstić information content (AvgIpc) is 3.16. The molecule has 5 rings (SSSR count). The van der Waals surface area contributed by atoms with E-state index in [1.807, 2.05) is 36.4 Å². The van der Waals surface area contributed by atoms with E-state index in [-0.39, 0.29) is 11.9 Å². The van der Waals surface area contributed by atoms with Gasteiger partial charge >= 0.3 is 0 Å². The number of ether oxygens (including phenoxy) is 2. The van der Waals surface area contributed by atoms with E-state index in [9.17, 15) is 4.79 Å². The Hall–Kier alpha value is -4.46. The molecule has 0 saturated carbocycles. The molecule has 2 aromatic heterocycles. The van der Waals surface area contributed by atoms with Gasteiger partial charge < -0.3 is 14.0 Å². The maximum absolute atomic E-state index is 12.7. The summed E-state index contributed by atoms with van der Waals surface area (Å²) in [7, 11) is 3.20. The molecule has 0 unspecified atom stereocenters. The van der Waals surface area contributed by atoms with Crippen molar-refractivity contribution in [3.05, 3.63) is 83.9 Å². The number of anilines is 1. The zero-order chi connectivity index (χ0) is 22.8. The number of carbonyl (C=O) groups excluding carboxylic acids is 1. The summed E-state index contributed by atoms with van der Waals surface area (Å²) < 4.78 is 12.6. The van der Waals surface area contributed by atoms with Crippen molar-refractivity contribution in [2.45, 2.75) is 6.54 Å². The first-order chi connectivity index (χ1) is 16.2. The number of aromatic nitrogens is 4. The lowest BCUT2D eigenvalue weighted by molar-refractivity contribution is 0.102. The van der Waals surface area contributed by atoms with E-state index >= 15 is 0 Å². The van der Waals surface area contributed by atoms with Crippen LogP contribution in [0.2, 0.25) is 0 Å². The van der Waals surface area contributed by atoms with Gasteiger partial charge in [0.2, 0.25) is 0 Å². The van der Waals surface area contributed by atoms with Gasteiger partial charge in [0, 0.05) is 17.5 Å². The molecule has 0 bridgehead atoms. The number of benzene rings is 3. The van der Waals surface area contributed by atoms with Crippen LogP contribution in [-0.4, -0.2) is 39.9 Å². The Balaban J connectivity index is 1.57. The Morgan fingerprint density at radius 1 is 0.909 bits per heavy atom. The highest BCUT2D eigenvalue weighted by molar-refractivity contribution is 6.06. The lowest BCUT2D eigenvalue weighted by Crippen LogP contribution is -2.15. The van der Waals surface area contributed by atoms with E-state index < -0.39 is 0 Å². The molecule has 33 heavy (non-hydrogen) atoms. The highest BCUT2D eigenvalue weighted by Gasteiger charge is 2.17. The van der Waals surface area contributed by atoms with Crippen LogP contribution in [0.3, 0.4) is 0 Å². The molecular formula is C25H21N5O3. The highest BCUT2D eigenvalue weighted by atomic mass is 16.5. The first-order valence-electron chi connectivity index (χ1n) is 10.4. The molecule has 0 spiro atoms. The van der Waals surface area contributed by atoms with Crippen molar-refractivity contribution in [2.24, 2.45) is 0 Å². The molecule has 2 heterocycles. The number of nitrogens with zero attached hydrogens (tertiary/aromatic N) is 4. The summed E-state index contributed by atoms with van der Waals surface area (Å²) in [4.78, 5) is 17.4. The smallest absolute Gasteiger partial charge is 0.258 e. The summed E-state index contributed by atoms with van der Waals surface area (Å²) in [6.07, 6.45) is 0. The van der Waals surface area contributed by atoms with E-state index in [4.69, 9.17) is 9.47 Å². The molecule has 1 amide bonds. The number of methoxy groups -OCH3 is 2. The minimum absolute atomic E-state index is 0.132. The maximum atomic E-state index is 12.7. The standard InChI is InChI=1S/C25H21N5O3/c1-32-18-10-8-17(9-11-18)24(31)27-25-26-23-22(28-29-25)20-14-19(33-2)12-13-21(20)30(23)15-16-6-4-3-5-7-16/h3-14H,15H2,1-2H3,(H,26,27,29,31). The van der Waals surface area contributed by atoms with Crippen molar-refractivity contribution >= 4 is 33.9 Å². The Bertz CT molecular complexity index is 1450. The molecular weight excluding hydrogens is 418 g/mol. The van der Waals surface area contributed by atoms with Gasteiger partial charge in [0.15, 0.2) is 5.65 Å². The molecule has 0 saturated heterocycles. The molecule has 0 radical (unpaired) electrons. The van der Waals surface area contributed by atoms with Crippen molar-refractivity contribution in [1.82, 2.24) is 19.7 Å². The van der Waals surface area contributed by atoms with Crippen LogP contribution < -0.4 is 14.8 Å². The van der Waals surface area contributed by atoms with Crippen LogP contribution >= 0.6 is 0 Å². The maximum Gasteiger partial charge on any atom is 0.258 e. The van der Waals surface area contributed by atoms with Gasteiger partial charge in [-0.1, -0.05) is 30.3 Å². The van der Waals surface area contributed by atoms with Crippen LogP contribution in [0, 0.1) is 0 Å². The van der Waals surface area contributed by atoms with E-state index in [0.29, 0.717) is 29.0 Å². The quantitative estimate of drug-likeness (QED) is 0.424. The lowest BCUT2D eigenvalue weighted by atomic mass is 10.2. The third-order valence-electron chi connectivity index (χ3n) is 5.43. The largest absolute Gasteiger partial charge is 0.497 e. The van der Waals surface area contributed by atoms with Crippen molar-refractivity contribution in [3.63, 3.8) is 0 Å². The number of rotatable bonds is 6. The molecule has 8 heteroatoms. The molecule has 164 valence electrons. The van der Waals surface area contributed by atoms with Crippen molar-refractivity contribution in [2.75, 3.05) is 19.5 Å². The second-order valence-corrected chi connectivity index (χ2v) is 7.45. The fraction of sp³-hybridized carbons (Fsp3) is 0.120. The van der Waals surface area contributed by atoms with Crippen LogP contribution in [0.25, 0.3) is 22.1 Å². The van der Waals surface area contributed by atoms with Gasteiger partial charge in [-0.05, 0) is 48.0 Å². The molecule has 0 fully saturated rings. The van der Waals surface area contributed by atoms with E-state index in [1.165, 1.54) is 0 Å². The number of hydrogen-bond donors (Lipinski definition) is 1. The minimum atomic E-state index is -0.328. The third-order valence-corrected chi connectivity index (χ3v) is 5.43. The fourth-order valence-electron chi connectivity index (χ4n) is 3.76. The number of nitrogens with one attached hydrogen (secondary N) is 1. The van der Waals surface area contributed by atoms with Gasteiger partial charge in [-0.15, -0.1) is 10.2 Å². The first kappa shape index (κ1) is 20.4. The van der Waals surface area contributed by atoms with E-state index in [1.54, 1.807) is 38.5 Å². The second-order valence-electron chi connectivity index (χ2n) is 7.45. The van der Waals surface area contributed by atoms with Crippen LogP contribution in [0.15, 0.2) is 72.8 Å². The Morgan fingerprint density at radius 3 is 2.36 bits per heavy atom. The summed E-state index contributed by atoms with van der Waals surface area (Å²) in [5.74, 6) is 1.20. The Morgan fingerprint density at radius 2 is 1.64 bits per heavy atom. The van der Waals surface area contributed by atoms with Crippen LogP contribution in [0.4, 0.5) is 5.95 Å². The molecule has 0 aliphatic heterocycles. The Kier molecular flexibility index (Phi) is 5.32. The summed E-state index contributed by atoms with van der Waals surface area (Å²) in [5, 5.41) is 12.2.